The number of rotatable bonds is 4. The van der Waals surface area contributed by atoms with Gasteiger partial charge in [-0.25, -0.2) is 0 Å². The van der Waals surface area contributed by atoms with E-state index in [-0.39, 0.29) is 11.9 Å². The van der Waals surface area contributed by atoms with Gasteiger partial charge in [0.25, 0.3) is 0 Å². The van der Waals surface area contributed by atoms with E-state index in [4.69, 9.17) is 11.6 Å². The lowest BCUT2D eigenvalue weighted by atomic mass is 10.0. The predicted molar refractivity (Wildman–Crippen MR) is 67.4 cm³/mol. The molecular weight excluding hydrogens is 222 g/mol. The molecular formula is C13H16ClNO. The molecule has 1 rings (SSSR count). The Labute approximate surface area is 101 Å². The van der Waals surface area contributed by atoms with Crippen LogP contribution in [0.15, 0.2) is 36.4 Å². The fourth-order valence-electron chi connectivity index (χ4n) is 1.52. The van der Waals surface area contributed by atoms with Crippen molar-refractivity contribution >= 4 is 17.5 Å². The van der Waals surface area contributed by atoms with Crippen molar-refractivity contribution in [2.24, 2.45) is 0 Å². The van der Waals surface area contributed by atoms with Crippen molar-refractivity contribution in [2.75, 3.05) is 0 Å². The van der Waals surface area contributed by atoms with Gasteiger partial charge < -0.3 is 5.32 Å². The highest BCUT2D eigenvalue weighted by molar-refractivity contribution is 6.30. The first-order valence-corrected chi connectivity index (χ1v) is 5.73. The van der Waals surface area contributed by atoms with Gasteiger partial charge in [0.15, 0.2) is 0 Å². The molecule has 0 fully saturated rings. The smallest absolute Gasteiger partial charge is 0.244 e. The third-order valence-corrected chi connectivity index (χ3v) is 2.53. The molecule has 0 saturated heterocycles. The monoisotopic (exact) mass is 237 g/mol. The fraction of sp³-hybridized carbons (Fsp3) is 0.308. The van der Waals surface area contributed by atoms with E-state index < -0.39 is 0 Å². The molecule has 86 valence electrons. The Morgan fingerprint density at radius 3 is 2.88 bits per heavy atom. The maximum atomic E-state index is 11.4. The van der Waals surface area contributed by atoms with Crippen LogP contribution >= 0.6 is 11.6 Å². The summed E-state index contributed by atoms with van der Waals surface area (Å²) in [7, 11) is 0. The summed E-state index contributed by atoms with van der Waals surface area (Å²) in [6, 6.07) is 7.58. The fourth-order valence-corrected chi connectivity index (χ4v) is 1.71. The van der Waals surface area contributed by atoms with E-state index in [9.17, 15) is 4.79 Å². The summed E-state index contributed by atoms with van der Waals surface area (Å²) < 4.78 is 0. The quantitative estimate of drug-likeness (QED) is 0.799. The van der Waals surface area contributed by atoms with Gasteiger partial charge in [-0.15, -0.1) is 0 Å². The molecule has 0 heterocycles. The number of carbonyl (C=O) groups excluding carboxylic acids is 1. The third kappa shape index (κ3) is 3.70. The molecule has 0 saturated carbocycles. The molecule has 1 amide bonds. The second-order valence-electron chi connectivity index (χ2n) is 3.52. The minimum atomic E-state index is -0.0747. The predicted octanol–water partition coefficient (Wildman–Crippen LogP) is 3.48. The lowest BCUT2D eigenvalue weighted by Crippen LogP contribution is -2.26. The zero-order valence-electron chi connectivity index (χ0n) is 9.53. The SMILES string of the molecule is CC=CC(=O)NC(CC)c1cccc(Cl)c1. The number of carbonyl (C=O) groups is 1. The topological polar surface area (TPSA) is 29.1 Å². The molecule has 1 atom stereocenters. The van der Waals surface area contributed by atoms with Gasteiger partial charge in [0, 0.05) is 5.02 Å². The average molecular weight is 238 g/mol. The molecule has 1 N–H and O–H groups in total. The summed E-state index contributed by atoms with van der Waals surface area (Å²) in [6.45, 7) is 3.85. The molecule has 0 radical (unpaired) electrons. The van der Waals surface area contributed by atoms with E-state index in [1.54, 1.807) is 6.08 Å². The first kappa shape index (κ1) is 12.8. The molecule has 0 aliphatic rings. The molecule has 0 spiro atoms. The van der Waals surface area contributed by atoms with Crippen molar-refractivity contribution < 1.29 is 4.79 Å². The Bertz CT molecular complexity index is 387. The van der Waals surface area contributed by atoms with Crippen LogP contribution in [0.5, 0.6) is 0 Å². The Morgan fingerprint density at radius 1 is 1.56 bits per heavy atom. The molecule has 0 bridgehead atoms. The van der Waals surface area contributed by atoms with Crippen molar-refractivity contribution in [1.29, 1.82) is 0 Å². The minimum Gasteiger partial charge on any atom is -0.346 e. The Kier molecular flexibility index (Phi) is 5.06. The van der Waals surface area contributed by atoms with E-state index in [1.165, 1.54) is 6.08 Å². The Morgan fingerprint density at radius 2 is 2.31 bits per heavy atom. The number of allylic oxidation sites excluding steroid dienone is 1. The standard InChI is InChI=1S/C13H16ClNO/c1-3-6-13(16)15-12(4-2)10-7-5-8-11(14)9-10/h3,5-9,12H,4H2,1-2H3,(H,15,16). The number of hydrogen-bond acceptors (Lipinski definition) is 1. The molecule has 16 heavy (non-hydrogen) atoms. The first-order valence-electron chi connectivity index (χ1n) is 5.36. The van der Waals surface area contributed by atoms with Gasteiger partial charge in [0.2, 0.25) is 5.91 Å². The van der Waals surface area contributed by atoms with E-state index in [2.05, 4.69) is 5.32 Å². The largest absolute Gasteiger partial charge is 0.346 e. The summed E-state index contributed by atoms with van der Waals surface area (Å²) in [5.41, 5.74) is 1.04. The lowest BCUT2D eigenvalue weighted by molar-refractivity contribution is -0.117. The van der Waals surface area contributed by atoms with Crippen LogP contribution in [-0.2, 0) is 4.79 Å². The van der Waals surface area contributed by atoms with E-state index >= 15 is 0 Å². The highest BCUT2D eigenvalue weighted by Gasteiger charge is 2.10. The van der Waals surface area contributed by atoms with Crippen LogP contribution in [-0.4, -0.2) is 5.91 Å². The number of benzene rings is 1. The van der Waals surface area contributed by atoms with Crippen LogP contribution < -0.4 is 5.32 Å². The molecule has 3 heteroatoms. The zero-order valence-corrected chi connectivity index (χ0v) is 10.3. The summed E-state index contributed by atoms with van der Waals surface area (Å²) >= 11 is 5.92. The van der Waals surface area contributed by atoms with Crippen molar-refractivity contribution in [2.45, 2.75) is 26.3 Å². The highest BCUT2D eigenvalue weighted by atomic mass is 35.5. The van der Waals surface area contributed by atoms with Gasteiger partial charge >= 0.3 is 0 Å². The van der Waals surface area contributed by atoms with Crippen molar-refractivity contribution in [3.63, 3.8) is 0 Å². The molecule has 0 aromatic heterocycles. The molecule has 0 aliphatic heterocycles. The Hall–Kier alpha value is -1.28. The highest BCUT2D eigenvalue weighted by Crippen LogP contribution is 2.20. The Balaban J connectivity index is 2.78. The van der Waals surface area contributed by atoms with Crippen LogP contribution in [0.3, 0.4) is 0 Å². The number of nitrogens with one attached hydrogen (secondary N) is 1. The van der Waals surface area contributed by atoms with E-state index in [0.717, 1.165) is 12.0 Å². The van der Waals surface area contributed by atoms with Gasteiger partial charge in [-0.3, -0.25) is 4.79 Å². The second-order valence-corrected chi connectivity index (χ2v) is 3.96. The third-order valence-electron chi connectivity index (χ3n) is 2.29. The summed E-state index contributed by atoms with van der Waals surface area (Å²) in [5, 5.41) is 3.62. The molecule has 1 unspecified atom stereocenters. The maximum Gasteiger partial charge on any atom is 0.244 e. The number of halogens is 1. The first-order chi connectivity index (χ1) is 7.67. The van der Waals surface area contributed by atoms with Crippen LogP contribution in [0.4, 0.5) is 0 Å². The molecule has 1 aromatic carbocycles. The van der Waals surface area contributed by atoms with Gasteiger partial charge in [0.05, 0.1) is 6.04 Å². The summed E-state index contributed by atoms with van der Waals surface area (Å²) in [5.74, 6) is -0.0747. The molecule has 2 nitrogen and oxygen atoms in total. The van der Waals surface area contributed by atoms with E-state index in [0.29, 0.717) is 5.02 Å². The van der Waals surface area contributed by atoms with Crippen LogP contribution in [0.2, 0.25) is 5.02 Å². The lowest BCUT2D eigenvalue weighted by Gasteiger charge is -2.16. The van der Waals surface area contributed by atoms with Crippen molar-refractivity contribution in [3.8, 4) is 0 Å². The second kappa shape index (κ2) is 6.33. The molecule has 0 aliphatic carbocycles. The number of hydrogen-bond donors (Lipinski definition) is 1. The van der Waals surface area contributed by atoms with Crippen molar-refractivity contribution in [3.05, 3.63) is 47.0 Å². The van der Waals surface area contributed by atoms with Crippen LogP contribution in [0.25, 0.3) is 0 Å². The van der Waals surface area contributed by atoms with Gasteiger partial charge in [-0.1, -0.05) is 36.7 Å². The number of amides is 1. The van der Waals surface area contributed by atoms with E-state index in [1.807, 2.05) is 38.1 Å². The normalized spacial score (nSPS) is 12.7. The van der Waals surface area contributed by atoms with Gasteiger partial charge in [0.1, 0.15) is 0 Å². The van der Waals surface area contributed by atoms with Gasteiger partial charge in [-0.05, 0) is 37.1 Å². The summed E-state index contributed by atoms with van der Waals surface area (Å²) in [4.78, 5) is 11.4. The maximum absolute atomic E-state index is 11.4. The summed E-state index contributed by atoms with van der Waals surface area (Å²) in [6.07, 6.45) is 4.08. The molecule has 1 aromatic rings. The van der Waals surface area contributed by atoms with Crippen molar-refractivity contribution in [1.82, 2.24) is 5.32 Å². The average Bonchev–Trinajstić information content (AvgIpc) is 2.26. The minimum absolute atomic E-state index is 0.0161. The van der Waals surface area contributed by atoms with Crippen LogP contribution in [0, 0.1) is 0 Å². The van der Waals surface area contributed by atoms with Gasteiger partial charge in [-0.2, -0.15) is 0 Å². The zero-order chi connectivity index (χ0) is 12.0. The van der Waals surface area contributed by atoms with Crippen LogP contribution in [0.1, 0.15) is 31.9 Å².